The first-order chi connectivity index (χ1) is 9.38. The average molecular weight is 288 g/mol. The fourth-order valence-corrected chi connectivity index (χ4v) is 1.91. The van der Waals surface area contributed by atoms with E-state index in [2.05, 4.69) is 5.10 Å². The fraction of sp³-hybridized carbons (Fsp3) is 0.308. The highest BCUT2D eigenvalue weighted by Crippen LogP contribution is 2.30. The summed E-state index contributed by atoms with van der Waals surface area (Å²) < 4.78 is 57.5. The number of nitrogens with zero attached hydrogens (tertiary/aromatic N) is 2. The molecule has 0 fully saturated rings. The van der Waals surface area contributed by atoms with Gasteiger partial charge in [-0.05, 0) is 24.6 Å². The van der Waals surface area contributed by atoms with Gasteiger partial charge in [0.05, 0.1) is 12.8 Å². The summed E-state index contributed by atoms with van der Waals surface area (Å²) in [4.78, 5) is 0. The minimum absolute atomic E-state index is 0.0498. The first-order valence-corrected chi connectivity index (χ1v) is 5.87. The minimum Gasteiger partial charge on any atom is -0.494 e. The zero-order valence-electron chi connectivity index (χ0n) is 10.8. The van der Waals surface area contributed by atoms with Gasteiger partial charge in [0.2, 0.25) is 0 Å². The molecular formula is C13H12F4N2O. The van der Waals surface area contributed by atoms with E-state index < -0.39 is 17.7 Å². The quantitative estimate of drug-likeness (QED) is 0.807. The Morgan fingerprint density at radius 1 is 1.25 bits per heavy atom. The van der Waals surface area contributed by atoms with Crippen LogP contribution in [0.2, 0.25) is 0 Å². The monoisotopic (exact) mass is 288 g/mol. The Bertz CT molecular complexity index is 619. The maximum Gasteiger partial charge on any atom is 0.435 e. The van der Waals surface area contributed by atoms with E-state index in [-0.39, 0.29) is 17.0 Å². The number of rotatable bonds is 3. The lowest BCUT2D eigenvalue weighted by atomic mass is 10.1. The molecular weight excluding hydrogens is 276 g/mol. The molecule has 1 aromatic heterocycles. The largest absolute Gasteiger partial charge is 0.494 e. The Morgan fingerprint density at radius 2 is 1.95 bits per heavy atom. The highest BCUT2D eigenvalue weighted by atomic mass is 19.4. The number of alkyl halides is 3. The first-order valence-electron chi connectivity index (χ1n) is 5.87. The van der Waals surface area contributed by atoms with Gasteiger partial charge in [-0.15, -0.1) is 0 Å². The Balaban J connectivity index is 2.53. The molecule has 2 rings (SSSR count). The van der Waals surface area contributed by atoms with Crippen LogP contribution in [0.3, 0.4) is 0 Å². The Labute approximate surface area is 112 Å². The van der Waals surface area contributed by atoms with Crippen LogP contribution < -0.4 is 4.74 Å². The molecule has 1 heterocycles. The maximum absolute atomic E-state index is 14.1. The molecule has 0 spiro atoms. The molecule has 2 aromatic rings. The van der Waals surface area contributed by atoms with Gasteiger partial charge in [0.15, 0.2) is 17.3 Å². The molecule has 20 heavy (non-hydrogen) atoms. The second-order valence-corrected chi connectivity index (χ2v) is 4.08. The summed E-state index contributed by atoms with van der Waals surface area (Å²) in [6.07, 6.45) is -3.06. The molecule has 0 aliphatic rings. The average Bonchev–Trinajstić information content (AvgIpc) is 2.87. The summed E-state index contributed by atoms with van der Waals surface area (Å²) in [6.45, 7) is 1.70. The van der Waals surface area contributed by atoms with Crippen molar-refractivity contribution in [2.45, 2.75) is 19.5 Å². The van der Waals surface area contributed by atoms with Crippen molar-refractivity contribution in [3.63, 3.8) is 0 Å². The third-order valence-corrected chi connectivity index (χ3v) is 2.88. The van der Waals surface area contributed by atoms with Crippen LogP contribution in [0.15, 0.2) is 24.4 Å². The molecule has 0 saturated carbocycles. The third-order valence-electron chi connectivity index (χ3n) is 2.88. The standard InChI is InChI=1S/C13H12F4N2O/c1-3-8-9(4-5-10(20-2)12(8)14)19-7-6-11(18-19)13(15,16)17/h4-7H,3H2,1-2H3. The minimum atomic E-state index is -4.53. The van der Waals surface area contributed by atoms with Crippen LogP contribution >= 0.6 is 0 Å². The van der Waals surface area contributed by atoms with E-state index in [1.807, 2.05) is 0 Å². The summed E-state index contributed by atoms with van der Waals surface area (Å²) in [5, 5.41) is 3.44. The molecule has 0 bridgehead atoms. The molecule has 0 amide bonds. The van der Waals surface area contributed by atoms with Gasteiger partial charge < -0.3 is 4.74 Å². The molecule has 0 atom stereocenters. The SMILES string of the molecule is CCc1c(-n2ccc(C(F)(F)F)n2)ccc(OC)c1F. The summed E-state index contributed by atoms with van der Waals surface area (Å²) in [5.41, 5.74) is -0.502. The molecule has 0 radical (unpaired) electrons. The van der Waals surface area contributed by atoms with Crippen molar-refractivity contribution in [3.8, 4) is 11.4 Å². The number of hydrogen-bond acceptors (Lipinski definition) is 2. The number of ether oxygens (including phenoxy) is 1. The summed E-state index contributed by atoms with van der Waals surface area (Å²) in [6, 6.07) is 3.69. The van der Waals surface area contributed by atoms with Gasteiger partial charge in [-0.3, -0.25) is 0 Å². The molecule has 0 N–H and O–H groups in total. The van der Waals surface area contributed by atoms with E-state index in [1.54, 1.807) is 6.92 Å². The Kier molecular flexibility index (Phi) is 3.69. The van der Waals surface area contributed by atoms with Gasteiger partial charge in [0.1, 0.15) is 0 Å². The van der Waals surface area contributed by atoms with E-state index in [0.717, 1.165) is 16.9 Å². The Hall–Kier alpha value is -2.05. The molecule has 0 aliphatic carbocycles. The zero-order valence-corrected chi connectivity index (χ0v) is 10.8. The van der Waals surface area contributed by atoms with Crippen molar-refractivity contribution in [1.82, 2.24) is 9.78 Å². The highest BCUT2D eigenvalue weighted by molar-refractivity contribution is 5.47. The van der Waals surface area contributed by atoms with Crippen molar-refractivity contribution in [1.29, 1.82) is 0 Å². The second kappa shape index (κ2) is 5.15. The number of methoxy groups -OCH3 is 1. The van der Waals surface area contributed by atoms with E-state index >= 15 is 0 Å². The number of aromatic nitrogens is 2. The van der Waals surface area contributed by atoms with Crippen LogP contribution in [0.25, 0.3) is 5.69 Å². The molecule has 0 aliphatic heterocycles. The van der Waals surface area contributed by atoms with E-state index in [4.69, 9.17) is 4.74 Å². The van der Waals surface area contributed by atoms with Crippen LogP contribution in [0.5, 0.6) is 5.75 Å². The van der Waals surface area contributed by atoms with Crippen molar-refractivity contribution in [3.05, 3.63) is 41.5 Å². The van der Waals surface area contributed by atoms with Crippen molar-refractivity contribution < 1.29 is 22.3 Å². The lowest BCUT2D eigenvalue weighted by molar-refractivity contribution is -0.141. The molecule has 7 heteroatoms. The lowest BCUT2D eigenvalue weighted by Crippen LogP contribution is -2.09. The maximum atomic E-state index is 14.1. The number of hydrogen-bond donors (Lipinski definition) is 0. The summed E-state index contributed by atoms with van der Waals surface area (Å²) in [7, 11) is 1.33. The number of benzene rings is 1. The predicted octanol–water partition coefficient (Wildman–Crippen LogP) is 3.60. The molecule has 0 saturated heterocycles. The topological polar surface area (TPSA) is 27.1 Å². The van der Waals surface area contributed by atoms with Crippen LogP contribution in [0, 0.1) is 5.82 Å². The van der Waals surface area contributed by atoms with Crippen LogP contribution in [-0.2, 0) is 12.6 Å². The van der Waals surface area contributed by atoms with E-state index in [9.17, 15) is 17.6 Å². The van der Waals surface area contributed by atoms with E-state index in [1.165, 1.54) is 19.2 Å². The van der Waals surface area contributed by atoms with Gasteiger partial charge in [-0.1, -0.05) is 6.92 Å². The van der Waals surface area contributed by atoms with Crippen molar-refractivity contribution >= 4 is 0 Å². The van der Waals surface area contributed by atoms with Gasteiger partial charge >= 0.3 is 6.18 Å². The van der Waals surface area contributed by atoms with Gasteiger partial charge in [0, 0.05) is 11.8 Å². The van der Waals surface area contributed by atoms with Crippen molar-refractivity contribution in [2.24, 2.45) is 0 Å². The Morgan fingerprint density at radius 3 is 2.45 bits per heavy atom. The zero-order chi connectivity index (χ0) is 14.9. The van der Waals surface area contributed by atoms with Crippen LogP contribution in [0.1, 0.15) is 18.2 Å². The smallest absolute Gasteiger partial charge is 0.435 e. The van der Waals surface area contributed by atoms with E-state index in [0.29, 0.717) is 6.42 Å². The molecule has 1 aromatic carbocycles. The molecule has 0 unspecified atom stereocenters. The number of halogens is 4. The third kappa shape index (κ3) is 2.48. The lowest BCUT2D eigenvalue weighted by Gasteiger charge is -2.12. The first kappa shape index (κ1) is 14.4. The second-order valence-electron chi connectivity index (χ2n) is 4.08. The predicted molar refractivity (Wildman–Crippen MR) is 64.5 cm³/mol. The normalized spacial score (nSPS) is 11.7. The van der Waals surface area contributed by atoms with Gasteiger partial charge in [-0.2, -0.15) is 18.3 Å². The summed E-state index contributed by atoms with van der Waals surface area (Å²) >= 11 is 0. The van der Waals surface area contributed by atoms with Gasteiger partial charge in [0.25, 0.3) is 0 Å². The molecule has 108 valence electrons. The fourth-order valence-electron chi connectivity index (χ4n) is 1.91. The van der Waals surface area contributed by atoms with Crippen molar-refractivity contribution in [2.75, 3.05) is 7.11 Å². The van der Waals surface area contributed by atoms with Gasteiger partial charge in [-0.25, -0.2) is 9.07 Å². The summed E-state index contributed by atoms with van der Waals surface area (Å²) in [5.74, 6) is -0.537. The highest BCUT2D eigenvalue weighted by Gasteiger charge is 2.33. The van der Waals surface area contributed by atoms with Crippen LogP contribution in [0.4, 0.5) is 17.6 Å². The molecule has 3 nitrogen and oxygen atoms in total. The van der Waals surface area contributed by atoms with Crippen LogP contribution in [-0.4, -0.2) is 16.9 Å².